The number of rotatable bonds is 6. The molecule has 0 atom stereocenters. The number of carbonyl (C=O) groups excluding carboxylic acids is 1. The van der Waals surface area contributed by atoms with Gasteiger partial charge in [-0.05, 0) is 24.3 Å². The Hall–Kier alpha value is -3.38. The van der Waals surface area contributed by atoms with E-state index in [1.807, 2.05) is 71.4 Å². The van der Waals surface area contributed by atoms with Crippen molar-refractivity contribution in [1.82, 2.24) is 9.55 Å². The number of thioether (sulfide) groups is 1. The average Bonchev–Trinajstić information content (AvgIpc) is 3.20. The Morgan fingerprint density at radius 1 is 0.931 bits per heavy atom. The van der Waals surface area contributed by atoms with Crippen molar-refractivity contribution in [2.75, 3.05) is 11.1 Å². The Balaban J connectivity index is 1.56. The van der Waals surface area contributed by atoms with Gasteiger partial charge in [-0.25, -0.2) is 9.37 Å². The number of nitrogens with zero attached hydrogens (tertiary/aromatic N) is 2. The van der Waals surface area contributed by atoms with Crippen molar-refractivity contribution in [2.45, 2.75) is 5.16 Å². The lowest BCUT2D eigenvalue weighted by atomic mass is 10.2. The summed E-state index contributed by atoms with van der Waals surface area (Å²) in [4.78, 5) is 17.1. The third-order valence-corrected chi connectivity index (χ3v) is 5.21. The fourth-order valence-corrected chi connectivity index (χ4v) is 3.66. The minimum absolute atomic E-state index is 0.117. The predicted octanol–water partition coefficient (Wildman–Crippen LogP) is 5.41. The zero-order chi connectivity index (χ0) is 20.1. The summed E-state index contributed by atoms with van der Waals surface area (Å²) in [5, 5.41) is 3.30. The fraction of sp³-hybridized carbons (Fsp3) is 0.0435. The van der Waals surface area contributed by atoms with E-state index in [0.717, 1.165) is 16.9 Å². The van der Waals surface area contributed by atoms with Crippen molar-refractivity contribution in [3.63, 3.8) is 0 Å². The SMILES string of the molecule is O=C(CSc1nc(-c2ccccc2)cn1-c1ccccc1)Nc1ccccc1F. The molecule has 0 saturated carbocycles. The van der Waals surface area contributed by atoms with Crippen LogP contribution in [0, 0.1) is 5.82 Å². The molecule has 1 amide bonds. The van der Waals surface area contributed by atoms with Gasteiger partial charge in [0.1, 0.15) is 5.82 Å². The van der Waals surface area contributed by atoms with E-state index in [0.29, 0.717) is 5.16 Å². The molecule has 4 nitrogen and oxygen atoms in total. The molecule has 0 aliphatic rings. The maximum absolute atomic E-state index is 13.8. The Bertz CT molecular complexity index is 1110. The Morgan fingerprint density at radius 2 is 1.59 bits per heavy atom. The maximum atomic E-state index is 13.8. The largest absolute Gasteiger partial charge is 0.323 e. The van der Waals surface area contributed by atoms with Crippen molar-refractivity contribution in [3.05, 3.63) is 96.9 Å². The predicted molar refractivity (Wildman–Crippen MR) is 115 cm³/mol. The van der Waals surface area contributed by atoms with Gasteiger partial charge in [-0.3, -0.25) is 9.36 Å². The van der Waals surface area contributed by atoms with Crippen LogP contribution in [0.5, 0.6) is 0 Å². The van der Waals surface area contributed by atoms with E-state index in [2.05, 4.69) is 5.32 Å². The van der Waals surface area contributed by atoms with Gasteiger partial charge in [0.25, 0.3) is 0 Å². The minimum atomic E-state index is -0.456. The van der Waals surface area contributed by atoms with Gasteiger partial charge >= 0.3 is 0 Å². The number of anilines is 1. The number of nitrogens with one attached hydrogen (secondary N) is 1. The zero-order valence-electron chi connectivity index (χ0n) is 15.5. The highest BCUT2D eigenvalue weighted by molar-refractivity contribution is 7.99. The molecule has 0 bridgehead atoms. The van der Waals surface area contributed by atoms with Crippen molar-refractivity contribution in [3.8, 4) is 16.9 Å². The molecule has 0 aliphatic carbocycles. The minimum Gasteiger partial charge on any atom is -0.323 e. The summed E-state index contributed by atoms with van der Waals surface area (Å²) < 4.78 is 15.7. The summed E-state index contributed by atoms with van der Waals surface area (Å²) in [6, 6.07) is 25.8. The van der Waals surface area contributed by atoms with E-state index in [-0.39, 0.29) is 17.3 Å². The molecule has 0 spiro atoms. The van der Waals surface area contributed by atoms with Crippen LogP contribution in [0.4, 0.5) is 10.1 Å². The van der Waals surface area contributed by atoms with Gasteiger partial charge in [0, 0.05) is 17.4 Å². The highest BCUT2D eigenvalue weighted by Gasteiger charge is 2.14. The second-order valence-electron chi connectivity index (χ2n) is 6.30. The topological polar surface area (TPSA) is 46.9 Å². The van der Waals surface area contributed by atoms with Crippen molar-refractivity contribution in [2.24, 2.45) is 0 Å². The third kappa shape index (κ3) is 4.55. The number of imidazole rings is 1. The molecule has 3 aromatic carbocycles. The van der Waals surface area contributed by atoms with Crippen LogP contribution in [-0.4, -0.2) is 21.2 Å². The summed E-state index contributed by atoms with van der Waals surface area (Å²) in [6.45, 7) is 0. The second-order valence-corrected chi connectivity index (χ2v) is 7.24. The average molecular weight is 403 g/mol. The normalized spacial score (nSPS) is 10.7. The molecular weight excluding hydrogens is 385 g/mol. The summed E-state index contributed by atoms with van der Waals surface area (Å²) >= 11 is 1.31. The molecule has 144 valence electrons. The van der Waals surface area contributed by atoms with E-state index in [1.54, 1.807) is 12.1 Å². The highest BCUT2D eigenvalue weighted by Crippen LogP contribution is 2.27. The van der Waals surface area contributed by atoms with Gasteiger partial charge < -0.3 is 5.32 Å². The van der Waals surface area contributed by atoms with Gasteiger partial charge in [0.15, 0.2) is 5.16 Å². The van der Waals surface area contributed by atoms with Crippen LogP contribution in [-0.2, 0) is 4.79 Å². The number of amides is 1. The molecule has 0 radical (unpaired) electrons. The molecule has 0 unspecified atom stereocenters. The van der Waals surface area contributed by atoms with Crippen LogP contribution in [0.3, 0.4) is 0 Å². The van der Waals surface area contributed by atoms with E-state index in [9.17, 15) is 9.18 Å². The quantitative estimate of drug-likeness (QED) is 0.438. The molecule has 29 heavy (non-hydrogen) atoms. The van der Waals surface area contributed by atoms with Crippen LogP contribution in [0.1, 0.15) is 0 Å². The van der Waals surface area contributed by atoms with Gasteiger partial charge in [-0.2, -0.15) is 0 Å². The Labute approximate surface area is 172 Å². The molecule has 1 aromatic heterocycles. The lowest BCUT2D eigenvalue weighted by molar-refractivity contribution is -0.113. The van der Waals surface area contributed by atoms with Crippen LogP contribution in [0.2, 0.25) is 0 Å². The lowest BCUT2D eigenvalue weighted by Gasteiger charge is -2.08. The summed E-state index contributed by atoms with van der Waals surface area (Å²) in [6.07, 6.45) is 1.96. The first kappa shape index (κ1) is 19.0. The lowest BCUT2D eigenvalue weighted by Crippen LogP contribution is -2.15. The van der Waals surface area contributed by atoms with E-state index in [4.69, 9.17) is 4.98 Å². The number of halogens is 1. The molecule has 1 heterocycles. The van der Waals surface area contributed by atoms with Crippen molar-refractivity contribution in [1.29, 1.82) is 0 Å². The van der Waals surface area contributed by atoms with Crippen LogP contribution < -0.4 is 5.32 Å². The van der Waals surface area contributed by atoms with Gasteiger partial charge in [0.05, 0.1) is 17.1 Å². The molecule has 4 aromatic rings. The smallest absolute Gasteiger partial charge is 0.234 e. The molecule has 4 rings (SSSR count). The van der Waals surface area contributed by atoms with E-state index >= 15 is 0 Å². The number of hydrogen-bond acceptors (Lipinski definition) is 3. The first-order valence-corrected chi connectivity index (χ1v) is 10.1. The Kier molecular flexibility index (Phi) is 5.72. The number of aromatic nitrogens is 2. The molecular formula is C23H18FN3OS. The van der Waals surface area contributed by atoms with Gasteiger partial charge in [-0.1, -0.05) is 72.4 Å². The second kappa shape index (κ2) is 8.75. The van der Waals surface area contributed by atoms with Crippen molar-refractivity contribution >= 4 is 23.4 Å². The first-order chi connectivity index (χ1) is 14.2. The van der Waals surface area contributed by atoms with Crippen LogP contribution in [0.15, 0.2) is 96.3 Å². The van der Waals surface area contributed by atoms with Gasteiger partial charge in [-0.15, -0.1) is 0 Å². The number of carbonyl (C=O) groups is 1. The van der Waals surface area contributed by atoms with E-state index < -0.39 is 5.82 Å². The maximum Gasteiger partial charge on any atom is 0.234 e. The molecule has 1 N–H and O–H groups in total. The molecule has 0 aliphatic heterocycles. The monoisotopic (exact) mass is 403 g/mol. The first-order valence-electron chi connectivity index (χ1n) is 9.08. The Morgan fingerprint density at radius 3 is 2.31 bits per heavy atom. The highest BCUT2D eigenvalue weighted by atomic mass is 32.2. The molecule has 0 saturated heterocycles. The third-order valence-electron chi connectivity index (χ3n) is 4.26. The van der Waals surface area contributed by atoms with Crippen molar-refractivity contribution < 1.29 is 9.18 Å². The molecule has 6 heteroatoms. The van der Waals surface area contributed by atoms with Crippen LogP contribution in [0.25, 0.3) is 16.9 Å². The summed E-state index contributed by atoms with van der Waals surface area (Å²) in [7, 11) is 0. The molecule has 0 fully saturated rings. The fourth-order valence-electron chi connectivity index (χ4n) is 2.87. The number of hydrogen-bond donors (Lipinski definition) is 1. The van der Waals surface area contributed by atoms with E-state index in [1.165, 1.54) is 23.9 Å². The standard InChI is InChI=1S/C23H18FN3OS/c24-19-13-7-8-14-20(19)25-22(28)16-29-23-26-21(17-9-3-1-4-10-17)15-27(23)18-11-5-2-6-12-18/h1-15H,16H2,(H,25,28). The van der Waals surface area contributed by atoms with Crippen LogP contribution >= 0.6 is 11.8 Å². The number of benzene rings is 3. The number of para-hydroxylation sites is 2. The summed E-state index contributed by atoms with van der Waals surface area (Å²) in [5.41, 5.74) is 2.96. The summed E-state index contributed by atoms with van der Waals surface area (Å²) in [5.74, 6) is -0.626. The zero-order valence-corrected chi connectivity index (χ0v) is 16.3. The van der Waals surface area contributed by atoms with Gasteiger partial charge in [0.2, 0.25) is 5.91 Å².